The predicted octanol–water partition coefficient (Wildman–Crippen LogP) is 4.01. The number of thioether (sulfide) groups is 1. The van der Waals surface area contributed by atoms with Crippen molar-refractivity contribution in [1.29, 1.82) is 0 Å². The van der Waals surface area contributed by atoms with Gasteiger partial charge in [-0.25, -0.2) is 0 Å². The maximum absolute atomic E-state index is 12.9. The molecule has 30 heavy (non-hydrogen) atoms. The van der Waals surface area contributed by atoms with E-state index >= 15 is 0 Å². The normalized spacial score (nSPS) is 16.9. The first-order chi connectivity index (χ1) is 13.8. The third kappa shape index (κ3) is 6.50. The highest BCUT2D eigenvalue weighted by Crippen LogP contribution is 2.41. The lowest BCUT2D eigenvalue weighted by molar-refractivity contribution is -0.124. The van der Waals surface area contributed by atoms with Crippen LogP contribution in [0, 0.1) is 0 Å². The number of phenols is 1. The zero-order chi connectivity index (χ0) is 22.7. The van der Waals surface area contributed by atoms with Gasteiger partial charge in [-0.15, -0.1) is 0 Å². The molecule has 0 atom stereocenters. The molecule has 1 aliphatic rings. The molecule has 2 rings (SSSR count). The molecule has 2 N–H and O–H groups in total. The Bertz CT molecular complexity index is 754. The van der Waals surface area contributed by atoms with Crippen LogP contribution in [0.15, 0.2) is 17.0 Å². The predicted molar refractivity (Wildman–Crippen MR) is 129 cm³/mol. The highest BCUT2D eigenvalue weighted by atomic mass is 32.2. The molecule has 1 heterocycles. The lowest BCUT2D eigenvalue weighted by atomic mass is 9.78. The van der Waals surface area contributed by atoms with Crippen LogP contribution in [-0.2, 0) is 15.6 Å². The summed E-state index contributed by atoms with van der Waals surface area (Å²) in [5.41, 5.74) is 2.44. The molecule has 0 spiro atoms. The Hall–Kier alpha value is -1.50. The number of hydrogen-bond donors (Lipinski definition) is 2. The molecule has 1 aliphatic heterocycles. The minimum atomic E-state index is -0.185. The van der Waals surface area contributed by atoms with E-state index in [2.05, 4.69) is 65.9 Å². The monoisotopic (exact) mass is 433 g/mol. The van der Waals surface area contributed by atoms with Crippen molar-refractivity contribution in [3.63, 3.8) is 0 Å². The summed E-state index contributed by atoms with van der Waals surface area (Å²) in [6.07, 6.45) is 1.98. The molecule has 1 saturated heterocycles. The molecular weight excluding hydrogens is 394 g/mol. The van der Waals surface area contributed by atoms with Crippen molar-refractivity contribution in [1.82, 2.24) is 15.1 Å². The van der Waals surface area contributed by atoms with Crippen LogP contribution in [0.25, 0.3) is 6.08 Å². The van der Waals surface area contributed by atoms with Gasteiger partial charge in [0.05, 0.1) is 10.8 Å². The second-order valence-electron chi connectivity index (χ2n) is 10.4. The molecule has 0 radical (unpaired) electrons. The Kier molecular flexibility index (Phi) is 8.05. The summed E-state index contributed by atoms with van der Waals surface area (Å²) in [5.74, 6) is 1.15. The summed E-state index contributed by atoms with van der Waals surface area (Å²) in [5, 5.41) is 14.3. The van der Waals surface area contributed by atoms with Gasteiger partial charge in [0.2, 0.25) is 0 Å². The third-order valence-corrected chi connectivity index (χ3v) is 6.26. The Morgan fingerprint density at radius 1 is 1.10 bits per heavy atom. The fourth-order valence-corrected chi connectivity index (χ4v) is 4.38. The number of phenolic OH excluding ortho intramolecular Hbond substituents is 1. The zero-order valence-electron chi connectivity index (χ0n) is 19.9. The molecule has 0 aromatic heterocycles. The van der Waals surface area contributed by atoms with E-state index in [0.717, 1.165) is 41.2 Å². The van der Waals surface area contributed by atoms with E-state index in [4.69, 9.17) is 0 Å². The van der Waals surface area contributed by atoms with E-state index in [1.807, 2.05) is 23.1 Å². The number of amides is 1. The van der Waals surface area contributed by atoms with Crippen LogP contribution in [0.1, 0.15) is 58.2 Å². The Labute approximate surface area is 186 Å². The molecule has 168 valence electrons. The van der Waals surface area contributed by atoms with Gasteiger partial charge in [0, 0.05) is 37.3 Å². The Morgan fingerprint density at radius 2 is 1.67 bits per heavy atom. The van der Waals surface area contributed by atoms with Crippen molar-refractivity contribution in [2.45, 2.75) is 52.4 Å². The number of carbonyl (C=O) groups is 1. The quantitative estimate of drug-likeness (QED) is 0.503. The van der Waals surface area contributed by atoms with Gasteiger partial charge in [-0.1, -0.05) is 53.3 Å². The lowest BCUT2D eigenvalue weighted by Gasteiger charge is -2.28. The first-order valence-corrected chi connectivity index (χ1v) is 11.7. The average Bonchev–Trinajstić information content (AvgIpc) is 2.94. The second kappa shape index (κ2) is 9.75. The van der Waals surface area contributed by atoms with Crippen molar-refractivity contribution in [2.75, 3.05) is 46.2 Å². The average molecular weight is 434 g/mol. The first-order valence-electron chi connectivity index (χ1n) is 10.7. The standard InChI is InChI=1S/C24H39N3O2S/c1-23(2,3)18-13-17(14-19(21(18)28)24(4,5)6)15-20-22(29)27(16-30-20)12-10-25-9-11-26(7)8/h13-15,25,28H,9-12,16H2,1-8H3. The number of nitrogens with zero attached hydrogens (tertiary/aromatic N) is 2. The van der Waals surface area contributed by atoms with E-state index in [1.54, 1.807) is 11.8 Å². The van der Waals surface area contributed by atoms with Crippen LogP contribution >= 0.6 is 11.8 Å². The van der Waals surface area contributed by atoms with E-state index < -0.39 is 0 Å². The summed E-state index contributed by atoms with van der Waals surface area (Å²) in [6, 6.07) is 4.05. The number of benzene rings is 1. The fraction of sp³-hybridized carbons (Fsp3) is 0.625. The van der Waals surface area contributed by atoms with Crippen LogP contribution in [0.2, 0.25) is 0 Å². The van der Waals surface area contributed by atoms with Crippen molar-refractivity contribution in [3.8, 4) is 5.75 Å². The topological polar surface area (TPSA) is 55.8 Å². The summed E-state index contributed by atoms with van der Waals surface area (Å²) >= 11 is 1.59. The van der Waals surface area contributed by atoms with Gasteiger partial charge < -0.3 is 20.2 Å². The maximum Gasteiger partial charge on any atom is 0.261 e. The summed E-state index contributed by atoms with van der Waals surface area (Å²) in [4.78, 5) is 17.7. The van der Waals surface area contributed by atoms with E-state index in [-0.39, 0.29) is 16.7 Å². The van der Waals surface area contributed by atoms with Gasteiger partial charge in [-0.3, -0.25) is 4.79 Å². The molecule has 0 unspecified atom stereocenters. The van der Waals surface area contributed by atoms with Crippen molar-refractivity contribution in [2.24, 2.45) is 0 Å². The van der Waals surface area contributed by atoms with Gasteiger partial charge in [0.1, 0.15) is 5.75 Å². The first kappa shape index (κ1) is 24.8. The van der Waals surface area contributed by atoms with Crippen LogP contribution in [-0.4, -0.2) is 67.0 Å². The minimum Gasteiger partial charge on any atom is -0.507 e. The molecular formula is C24H39N3O2S. The minimum absolute atomic E-state index is 0.0945. The van der Waals surface area contributed by atoms with Gasteiger partial charge in [-0.05, 0) is 48.7 Å². The maximum atomic E-state index is 12.9. The van der Waals surface area contributed by atoms with Crippen molar-refractivity contribution < 1.29 is 9.90 Å². The number of hydrogen-bond acceptors (Lipinski definition) is 5. The lowest BCUT2D eigenvalue weighted by Crippen LogP contribution is -2.35. The second-order valence-corrected chi connectivity index (χ2v) is 11.4. The fourth-order valence-electron chi connectivity index (χ4n) is 3.37. The van der Waals surface area contributed by atoms with Gasteiger partial charge in [0.15, 0.2) is 0 Å². The van der Waals surface area contributed by atoms with E-state index in [0.29, 0.717) is 18.2 Å². The molecule has 0 bridgehead atoms. The van der Waals surface area contributed by atoms with Crippen LogP contribution in [0.4, 0.5) is 0 Å². The Morgan fingerprint density at radius 3 is 2.17 bits per heavy atom. The van der Waals surface area contributed by atoms with E-state index in [9.17, 15) is 9.90 Å². The highest BCUT2D eigenvalue weighted by molar-refractivity contribution is 8.04. The number of rotatable bonds is 7. The molecule has 6 heteroatoms. The zero-order valence-corrected chi connectivity index (χ0v) is 20.7. The smallest absolute Gasteiger partial charge is 0.261 e. The summed E-state index contributed by atoms with van der Waals surface area (Å²) < 4.78 is 0. The van der Waals surface area contributed by atoms with Crippen LogP contribution in [0.3, 0.4) is 0 Å². The van der Waals surface area contributed by atoms with Gasteiger partial charge in [0.25, 0.3) is 5.91 Å². The van der Waals surface area contributed by atoms with Crippen LogP contribution < -0.4 is 5.32 Å². The SMILES string of the molecule is CN(C)CCNCCN1CSC(=Cc2cc(C(C)(C)C)c(O)c(C(C)(C)C)c2)C1=O. The summed E-state index contributed by atoms with van der Waals surface area (Å²) in [7, 11) is 4.11. The number of aromatic hydroxyl groups is 1. The van der Waals surface area contributed by atoms with E-state index in [1.165, 1.54) is 0 Å². The molecule has 1 aromatic carbocycles. The molecule has 0 aliphatic carbocycles. The van der Waals surface area contributed by atoms with Gasteiger partial charge >= 0.3 is 0 Å². The third-order valence-electron chi connectivity index (χ3n) is 5.21. The highest BCUT2D eigenvalue weighted by Gasteiger charge is 2.29. The van der Waals surface area contributed by atoms with Crippen molar-refractivity contribution in [3.05, 3.63) is 33.7 Å². The van der Waals surface area contributed by atoms with Gasteiger partial charge in [-0.2, -0.15) is 0 Å². The molecule has 1 fully saturated rings. The number of nitrogens with one attached hydrogen (secondary N) is 1. The number of carbonyl (C=O) groups excluding carboxylic acids is 1. The Balaban J connectivity index is 2.19. The largest absolute Gasteiger partial charge is 0.507 e. The van der Waals surface area contributed by atoms with Crippen molar-refractivity contribution >= 4 is 23.7 Å². The molecule has 0 saturated carbocycles. The molecule has 1 aromatic rings. The molecule has 5 nitrogen and oxygen atoms in total. The summed E-state index contributed by atoms with van der Waals surface area (Å²) in [6.45, 7) is 16.0. The van der Waals surface area contributed by atoms with Crippen LogP contribution in [0.5, 0.6) is 5.75 Å². The number of likely N-dealkylation sites (N-methyl/N-ethyl adjacent to an activating group) is 1. The molecule has 1 amide bonds.